The molecule has 82 valence electrons. The molecular weight excluding hydrogens is 208 g/mol. The quantitative estimate of drug-likeness (QED) is 0.847. The summed E-state index contributed by atoms with van der Waals surface area (Å²) >= 11 is 0. The molecule has 0 aliphatic carbocycles. The van der Waals surface area contributed by atoms with Crippen molar-refractivity contribution in [3.8, 4) is 11.4 Å². The van der Waals surface area contributed by atoms with Crippen LogP contribution in [0.1, 0.15) is 11.5 Å². The van der Waals surface area contributed by atoms with E-state index in [-0.39, 0.29) is 6.42 Å². The summed E-state index contributed by atoms with van der Waals surface area (Å²) in [7, 11) is 0. The minimum Gasteiger partial charge on any atom is -0.481 e. The Kier molecular flexibility index (Phi) is 2.68. The first-order valence-corrected chi connectivity index (χ1v) is 4.76. The van der Waals surface area contributed by atoms with Crippen molar-refractivity contribution in [2.24, 2.45) is 0 Å². The smallest absolute Gasteiger partial charge is 0.307 e. The van der Waals surface area contributed by atoms with E-state index in [1.807, 2.05) is 6.07 Å². The highest BCUT2D eigenvalue weighted by Gasteiger charge is 2.07. The molecule has 1 aromatic carbocycles. The van der Waals surface area contributed by atoms with Gasteiger partial charge in [0.05, 0.1) is 6.42 Å². The first kappa shape index (κ1) is 10.4. The second-order valence-electron chi connectivity index (χ2n) is 3.41. The minimum atomic E-state index is -0.860. The second kappa shape index (κ2) is 4.14. The second-order valence-corrected chi connectivity index (χ2v) is 3.41. The maximum Gasteiger partial charge on any atom is 0.307 e. The number of carboxylic acids is 1. The van der Waals surface area contributed by atoms with Crippen molar-refractivity contribution in [3.63, 3.8) is 0 Å². The van der Waals surface area contributed by atoms with E-state index >= 15 is 0 Å². The molecule has 5 nitrogen and oxygen atoms in total. The third-order valence-electron chi connectivity index (χ3n) is 2.07. The van der Waals surface area contributed by atoms with Gasteiger partial charge in [0.2, 0.25) is 11.7 Å². The molecule has 0 atom stereocenters. The third-order valence-corrected chi connectivity index (χ3v) is 2.07. The highest BCUT2D eigenvalue weighted by atomic mass is 16.5. The Labute approximate surface area is 91.7 Å². The van der Waals surface area contributed by atoms with E-state index in [1.54, 1.807) is 25.1 Å². The van der Waals surface area contributed by atoms with E-state index in [9.17, 15) is 4.79 Å². The van der Waals surface area contributed by atoms with E-state index in [1.165, 1.54) is 0 Å². The molecule has 0 radical (unpaired) electrons. The number of aliphatic carboxylic acids is 1. The number of benzene rings is 1. The highest BCUT2D eigenvalue weighted by Crippen LogP contribution is 2.17. The molecule has 2 rings (SSSR count). The Hall–Kier alpha value is -2.17. The molecular formula is C11H10N2O3. The topological polar surface area (TPSA) is 76.2 Å². The Morgan fingerprint density at radius 2 is 2.31 bits per heavy atom. The molecule has 0 aliphatic heterocycles. The van der Waals surface area contributed by atoms with Crippen molar-refractivity contribution in [1.29, 1.82) is 0 Å². The van der Waals surface area contributed by atoms with Gasteiger partial charge in [-0.15, -0.1) is 0 Å². The van der Waals surface area contributed by atoms with Gasteiger partial charge in [-0.2, -0.15) is 4.98 Å². The summed E-state index contributed by atoms with van der Waals surface area (Å²) in [6, 6.07) is 7.10. The molecule has 1 heterocycles. The van der Waals surface area contributed by atoms with Crippen molar-refractivity contribution < 1.29 is 14.4 Å². The molecule has 2 aromatic rings. The van der Waals surface area contributed by atoms with Crippen LogP contribution in [0.5, 0.6) is 0 Å². The van der Waals surface area contributed by atoms with Crippen molar-refractivity contribution in [1.82, 2.24) is 10.1 Å². The molecule has 5 heteroatoms. The number of aryl methyl sites for hydroxylation is 1. The van der Waals surface area contributed by atoms with Crippen LogP contribution in [-0.2, 0) is 11.2 Å². The highest BCUT2D eigenvalue weighted by molar-refractivity contribution is 5.71. The van der Waals surface area contributed by atoms with Crippen molar-refractivity contribution in [2.75, 3.05) is 0 Å². The molecule has 16 heavy (non-hydrogen) atoms. The molecule has 0 saturated heterocycles. The van der Waals surface area contributed by atoms with Crippen molar-refractivity contribution in [2.45, 2.75) is 13.3 Å². The van der Waals surface area contributed by atoms with Gasteiger partial charge in [-0.1, -0.05) is 23.4 Å². The summed E-state index contributed by atoms with van der Waals surface area (Å²) in [6.45, 7) is 1.71. The zero-order chi connectivity index (χ0) is 11.5. The van der Waals surface area contributed by atoms with Crippen LogP contribution >= 0.6 is 0 Å². The lowest BCUT2D eigenvalue weighted by Crippen LogP contribution is -1.99. The van der Waals surface area contributed by atoms with Crippen LogP contribution in [0, 0.1) is 6.92 Å². The molecule has 0 aliphatic rings. The van der Waals surface area contributed by atoms with E-state index in [4.69, 9.17) is 9.63 Å². The number of rotatable bonds is 3. The summed E-state index contributed by atoms with van der Waals surface area (Å²) in [6.07, 6.45) is -0.00925. The average molecular weight is 218 g/mol. The van der Waals surface area contributed by atoms with Crippen LogP contribution in [0.2, 0.25) is 0 Å². The largest absolute Gasteiger partial charge is 0.481 e. The van der Waals surface area contributed by atoms with Gasteiger partial charge in [-0.25, -0.2) is 0 Å². The number of carboxylic acid groups (broad SMARTS) is 1. The van der Waals surface area contributed by atoms with Crippen LogP contribution in [0.4, 0.5) is 0 Å². The molecule has 0 amide bonds. The summed E-state index contributed by atoms with van der Waals surface area (Å²) in [5, 5.41) is 12.5. The summed E-state index contributed by atoms with van der Waals surface area (Å²) in [5.41, 5.74) is 1.48. The Balaban J connectivity index is 2.32. The Bertz CT molecular complexity index is 519. The van der Waals surface area contributed by atoms with Gasteiger partial charge in [-0.3, -0.25) is 4.79 Å². The SMILES string of the molecule is Cc1nc(-c2cccc(CC(=O)O)c2)no1. The number of carbonyl (C=O) groups is 1. The van der Waals surface area contributed by atoms with Gasteiger partial charge in [0, 0.05) is 12.5 Å². The monoisotopic (exact) mass is 218 g/mol. The Morgan fingerprint density at radius 3 is 2.94 bits per heavy atom. The number of nitrogens with zero attached hydrogens (tertiary/aromatic N) is 2. The lowest BCUT2D eigenvalue weighted by Gasteiger charge is -1.98. The number of hydrogen-bond acceptors (Lipinski definition) is 4. The van der Waals surface area contributed by atoms with Gasteiger partial charge in [-0.05, 0) is 11.6 Å². The molecule has 0 unspecified atom stereocenters. The molecule has 0 bridgehead atoms. The summed E-state index contributed by atoms with van der Waals surface area (Å²) in [5.74, 6) is 0.102. The number of hydrogen-bond donors (Lipinski definition) is 1. The predicted molar refractivity (Wildman–Crippen MR) is 55.8 cm³/mol. The molecule has 0 fully saturated rings. The van der Waals surface area contributed by atoms with E-state index in [2.05, 4.69) is 10.1 Å². The van der Waals surface area contributed by atoms with Gasteiger partial charge in [0.25, 0.3) is 0 Å². The van der Waals surface area contributed by atoms with Gasteiger partial charge < -0.3 is 9.63 Å². The molecule has 0 saturated carbocycles. The maximum atomic E-state index is 10.6. The first-order chi connectivity index (χ1) is 7.65. The van der Waals surface area contributed by atoms with Gasteiger partial charge in [0.15, 0.2) is 0 Å². The fourth-order valence-corrected chi connectivity index (χ4v) is 1.41. The molecule has 0 spiro atoms. The Morgan fingerprint density at radius 1 is 1.50 bits per heavy atom. The first-order valence-electron chi connectivity index (χ1n) is 4.76. The average Bonchev–Trinajstić information content (AvgIpc) is 2.64. The maximum absolute atomic E-state index is 10.6. The van der Waals surface area contributed by atoms with Gasteiger partial charge >= 0.3 is 5.97 Å². The number of aromatic nitrogens is 2. The minimum absolute atomic E-state index is 0.00925. The van der Waals surface area contributed by atoms with E-state index in [0.29, 0.717) is 17.3 Å². The zero-order valence-corrected chi connectivity index (χ0v) is 8.67. The normalized spacial score (nSPS) is 10.3. The third kappa shape index (κ3) is 2.25. The fraction of sp³-hybridized carbons (Fsp3) is 0.182. The predicted octanol–water partition coefficient (Wildman–Crippen LogP) is 1.67. The fourth-order valence-electron chi connectivity index (χ4n) is 1.41. The lowest BCUT2D eigenvalue weighted by atomic mass is 10.1. The summed E-state index contributed by atoms with van der Waals surface area (Å²) < 4.78 is 4.86. The van der Waals surface area contributed by atoms with Crippen LogP contribution < -0.4 is 0 Å². The molecule has 1 aromatic heterocycles. The lowest BCUT2D eigenvalue weighted by molar-refractivity contribution is -0.136. The summed E-state index contributed by atoms with van der Waals surface area (Å²) in [4.78, 5) is 14.6. The van der Waals surface area contributed by atoms with E-state index in [0.717, 1.165) is 5.56 Å². The van der Waals surface area contributed by atoms with Crippen LogP contribution in [0.15, 0.2) is 28.8 Å². The standard InChI is InChI=1S/C11H10N2O3/c1-7-12-11(13-16-7)9-4-2-3-8(5-9)6-10(14)15/h2-5H,6H2,1H3,(H,14,15). The van der Waals surface area contributed by atoms with Gasteiger partial charge in [0.1, 0.15) is 0 Å². The van der Waals surface area contributed by atoms with Crippen LogP contribution in [-0.4, -0.2) is 21.2 Å². The van der Waals surface area contributed by atoms with Crippen LogP contribution in [0.25, 0.3) is 11.4 Å². The van der Waals surface area contributed by atoms with Crippen LogP contribution in [0.3, 0.4) is 0 Å². The van der Waals surface area contributed by atoms with Crippen molar-refractivity contribution >= 4 is 5.97 Å². The molecule has 1 N–H and O–H groups in total. The van der Waals surface area contributed by atoms with E-state index < -0.39 is 5.97 Å². The zero-order valence-electron chi connectivity index (χ0n) is 8.67. The van der Waals surface area contributed by atoms with Crippen molar-refractivity contribution in [3.05, 3.63) is 35.7 Å².